The normalized spacial score (nSPS) is 12.7. The first-order valence-corrected chi connectivity index (χ1v) is 7.40. The zero-order valence-corrected chi connectivity index (χ0v) is 12.5. The van der Waals surface area contributed by atoms with E-state index >= 15 is 0 Å². The molecule has 1 N–H and O–H groups in total. The van der Waals surface area contributed by atoms with E-state index in [4.69, 9.17) is 4.42 Å². The Morgan fingerprint density at radius 1 is 1.29 bits per heavy atom. The maximum absolute atomic E-state index is 5.51. The molecule has 0 bridgehead atoms. The van der Waals surface area contributed by atoms with Crippen LogP contribution in [0.15, 0.2) is 53.4 Å². The number of pyridine rings is 1. The predicted octanol–water partition coefficient (Wildman–Crippen LogP) is 4.23. The van der Waals surface area contributed by atoms with Gasteiger partial charge in [0, 0.05) is 23.3 Å². The lowest BCUT2D eigenvalue weighted by Gasteiger charge is -2.19. The predicted molar refractivity (Wildman–Crippen MR) is 85.3 cm³/mol. The molecule has 3 heteroatoms. The second kappa shape index (κ2) is 6.10. The zero-order chi connectivity index (χ0) is 14.7. The van der Waals surface area contributed by atoms with Crippen LogP contribution in [0.25, 0.3) is 10.8 Å². The van der Waals surface area contributed by atoms with Crippen molar-refractivity contribution in [1.82, 2.24) is 10.3 Å². The summed E-state index contributed by atoms with van der Waals surface area (Å²) in [5.41, 5.74) is 2.44. The smallest absolute Gasteiger partial charge is 0.101 e. The molecule has 1 atom stereocenters. The van der Waals surface area contributed by atoms with Crippen LogP contribution in [0, 0.1) is 6.92 Å². The molecule has 2 aromatic heterocycles. The van der Waals surface area contributed by atoms with E-state index in [-0.39, 0.29) is 6.04 Å². The van der Waals surface area contributed by atoms with E-state index in [1.54, 1.807) is 0 Å². The van der Waals surface area contributed by atoms with Gasteiger partial charge in [-0.15, -0.1) is 0 Å². The summed E-state index contributed by atoms with van der Waals surface area (Å²) in [7, 11) is 0. The van der Waals surface area contributed by atoms with Crippen molar-refractivity contribution in [3.05, 3.63) is 65.9 Å². The summed E-state index contributed by atoms with van der Waals surface area (Å²) in [5, 5.41) is 6.03. The molecule has 108 valence electrons. The minimum Gasteiger partial charge on any atom is -0.469 e. The molecule has 1 unspecified atom stereocenters. The quantitative estimate of drug-likeness (QED) is 0.760. The Hall–Kier alpha value is -2.13. The number of nitrogens with zero attached hydrogens (tertiary/aromatic N) is 1. The van der Waals surface area contributed by atoms with Gasteiger partial charge in [-0.25, -0.2) is 0 Å². The van der Waals surface area contributed by atoms with Gasteiger partial charge in [0.1, 0.15) is 5.76 Å². The lowest BCUT2D eigenvalue weighted by Crippen LogP contribution is -2.23. The van der Waals surface area contributed by atoms with Crippen molar-refractivity contribution < 1.29 is 4.42 Å². The van der Waals surface area contributed by atoms with Crippen LogP contribution >= 0.6 is 0 Å². The van der Waals surface area contributed by atoms with Crippen molar-refractivity contribution in [3.8, 4) is 0 Å². The average molecular weight is 280 g/mol. The Morgan fingerprint density at radius 3 is 2.95 bits per heavy atom. The molecular formula is C18H20N2O. The molecule has 0 saturated heterocycles. The van der Waals surface area contributed by atoms with E-state index in [9.17, 15) is 0 Å². The molecule has 0 aliphatic heterocycles. The van der Waals surface area contributed by atoms with Gasteiger partial charge in [-0.2, -0.15) is 0 Å². The van der Waals surface area contributed by atoms with Crippen LogP contribution in [0.5, 0.6) is 0 Å². The van der Waals surface area contributed by atoms with Gasteiger partial charge in [-0.05, 0) is 43.0 Å². The van der Waals surface area contributed by atoms with Crippen LogP contribution in [0.3, 0.4) is 0 Å². The van der Waals surface area contributed by atoms with Gasteiger partial charge in [-0.3, -0.25) is 4.98 Å². The first kappa shape index (κ1) is 13.8. The molecule has 3 rings (SSSR count). The highest BCUT2D eigenvalue weighted by atomic mass is 16.3. The maximum atomic E-state index is 5.51. The van der Waals surface area contributed by atoms with Gasteiger partial charge in [-0.1, -0.05) is 25.1 Å². The Labute approximate surface area is 125 Å². The highest BCUT2D eigenvalue weighted by Gasteiger charge is 2.17. The minimum absolute atomic E-state index is 0.147. The first-order valence-electron chi connectivity index (χ1n) is 7.40. The van der Waals surface area contributed by atoms with E-state index < -0.39 is 0 Å². The van der Waals surface area contributed by atoms with Gasteiger partial charge >= 0.3 is 0 Å². The summed E-state index contributed by atoms with van der Waals surface area (Å²) in [4.78, 5) is 4.21. The second-order valence-electron chi connectivity index (χ2n) is 5.32. The number of aromatic nitrogens is 1. The van der Waals surface area contributed by atoms with Gasteiger partial charge in [0.15, 0.2) is 0 Å². The van der Waals surface area contributed by atoms with E-state index in [1.165, 1.54) is 21.9 Å². The molecule has 2 heterocycles. The number of fused-ring (bicyclic) bond motifs is 1. The lowest BCUT2D eigenvalue weighted by molar-refractivity contribution is 0.524. The number of rotatable bonds is 5. The molecule has 21 heavy (non-hydrogen) atoms. The fraction of sp³-hybridized carbons (Fsp3) is 0.278. The topological polar surface area (TPSA) is 38.1 Å². The van der Waals surface area contributed by atoms with Crippen LogP contribution in [-0.2, 0) is 0 Å². The van der Waals surface area contributed by atoms with Crippen molar-refractivity contribution >= 4 is 10.8 Å². The summed E-state index contributed by atoms with van der Waals surface area (Å²) < 4.78 is 5.51. The third kappa shape index (κ3) is 2.83. The van der Waals surface area contributed by atoms with E-state index in [0.717, 1.165) is 18.7 Å². The lowest BCUT2D eigenvalue weighted by atomic mass is 9.96. The number of benzene rings is 1. The van der Waals surface area contributed by atoms with Gasteiger partial charge in [0.2, 0.25) is 0 Å². The van der Waals surface area contributed by atoms with Crippen LogP contribution in [-0.4, -0.2) is 11.5 Å². The van der Waals surface area contributed by atoms with Crippen molar-refractivity contribution in [2.45, 2.75) is 26.3 Å². The molecule has 1 aromatic carbocycles. The van der Waals surface area contributed by atoms with Gasteiger partial charge < -0.3 is 9.73 Å². The first-order chi connectivity index (χ1) is 10.3. The van der Waals surface area contributed by atoms with Gasteiger partial charge in [0.05, 0.1) is 12.3 Å². The van der Waals surface area contributed by atoms with E-state index in [0.29, 0.717) is 0 Å². The van der Waals surface area contributed by atoms with Crippen molar-refractivity contribution in [2.75, 3.05) is 6.54 Å². The molecule has 0 saturated carbocycles. The Bertz CT molecular complexity index is 727. The third-order valence-electron chi connectivity index (χ3n) is 3.71. The molecule has 3 aromatic rings. The largest absolute Gasteiger partial charge is 0.469 e. The molecule has 0 fully saturated rings. The van der Waals surface area contributed by atoms with Crippen LogP contribution < -0.4 is 5.32 Å². The number of furan rings is 1. The Kier molecular flexibility index (Phi) is 4.02. The van der Waals surface area contributed by atoms with E-state index in [1.807, 2.05) is 25.6 Å². The van der Waals surface area contributed by atoms with Crippen molar-refractivity contribution in [1.29, 1.82) is 0 Å². The fourth-order valence-corrected chi connectivity index (χ4v) is 2.71. The molecule has 3 nitrogen and oxygen atoms in total. The number of hydrogen-bond acceptors (Lipinski definition) is 3. The van der Waals surface area contributed by atoms with Crippen LogP contribution in [0.2, 0.25) is 0 Å². The molecule has 0 spiro atoms. The summed E-state index contributed by atoms with van der Waals surface area (Å²) in [5.74, 6) is 0.940. The maximum Gasteiger partial charge on any atom is 0.101 e. The number of nitrogens with one attached hydrogen (secondary N) is 1. The molecule has 0 radical (unpaired) electrons. The van der Waals surface area contributed by atoms with Crippen molar-refractivity contribution in [3.63, 3.8) is 0 Å². The summed E-state index contributed by atoms with van der Waals surface area (Å²) in [6.07, 6.45) is 6.71. The molecular weight excluding hydrogens is 260 g/mol. The van der Waals surface area contributed by atoms with E-state index in [2.05, 4.69) is 47.6 Å². The minimum atomic E-state index is 0.147. The average Bonchev–Trinajstić information content (AvgIpc) is 2.94. The second-order valence-corrected chi connectivity index (χ2v) is 5.32. The Morgan fingerprint density at radius 2 is 2.19 bits per heavy atom. The zero-order valence-electron chi connectivity index (χ0n) is 12.5. The standard InChI is InChI=1S/C18H20N2O/c1-3-8-20-18(15-10-13(2)21-12-15)17-6-4-5-14-11-19-9-7-16(14)17/h4-7,9-12,18,20H,3,8H2,1-2H3. The monoisotopic (exact) mass is 280 g/mol. The van der Waals surface area contributed by atoms with Crippen molar-refractivity contribution in [2.24, 2.45) is 0 Å². The number of aryl methyl sites for hydroxylation is 1. The third-order valence-corrected chi connectivity index (χ3v) is 3.71. The fourth-order valence-electron chi connectivity index (χ4n) is 2.71. The highest BCUT2D eigenvalue weighted by molar-refractivity contribution is 5.85. The van der Waals surface area contributed by atoms with Gasteiger partial charge in [0.25, 0.3) is 0 Å². The Balaban J connectivity index is 2.09. The molecule has 0 aliphatic rings. The van der Waals surface area contributed by atoms with Crippen LogP contribution in [0.1, 0.15) is 36.3 Å². The van der Waals surface area contributed by atoms with Crippen LogP contribution in [0.4, 0.5) is 0 Å². The summed E-state index contributed by atoms with van der Waals surface area (Å²) >= 11 is 0. The summed E-state index contributed by atoms with van der Waals surface area (Å²) in [6, 6.07) is 10.7. The molecule has 0 amide bonds. The SMILES string of the molecule is CCCNC(c1coc(C)c1)c1cccc2cnccc12. The number of hydrogen-bond donors (Lipinski definition) is 1. The molecule has 0 aliphatic carbocycles. The highest BCUT2D eigenvalue weighted by Crippen LogP contribution is 2.29. The summed E-state index contributed by atoms with van der Waals surface area (Å²) in [6.45, 7) is 5.13.